The van der Waals surface area contributed by atoms with Crippen molar-refractivity contribution in [3.05, 3.63) is 59.2 Å². The quantitative estimate of drug-likeness (QED) is 0.631. The van der Waals surface area contributed by atoms with E-state index in [0.717, 1.165) is 34.9 Å². The van der Waals surface area contributed by atoms with Crippen molar-refractivity contribution in [3.63, 3.8) is 0 Å². The summed E-state index contributed by atoms with van der Waals surface area (Å²) in [5.74, 6) is -0.172. The van der Waals surface area contributed by atoms with Gasteiger partial charge in [-0.1, -0.05) is 50.2 Å². The maximum absolute atomic E-state index is 12.4. The minimum atomic E-state index is -3.64. The number of carbonyl (C=O) groups excluding carboxylic acids is 2. The molecule has 0 heterocycles. The van der Waals surface area contributed by atoms with Gasteiger partial charge in [-0.3, -0.25) is 4.79 Å². The van der Waals surface area contributed by atoms with Gasteiger partial charge in [-0.2, -0.15) is 0 Å². The highest BCUT2D eigenvalue weighted by Crippen LogP contribution is 2.25. The van der Waals surface area contributed by atoms with Gasteiger partial charge in [0, 0.05) is 12.0 Å². The molecular formula is C22H28N2O5S. The van der Waals surface area contributed by atoms with Gasteiger partial charge in [0.25, 0.3) is 5.91 Å². The Labute approximate surface area is 177 Å². The Bertz CT molecular complexity index is 999. The van der Waals surface area contributed by atoms with Gasteiger partial charge in [-0.25, -0.2) is 17.9 Å². The van der Waals surface area contributed by atoms with E-state index in [4.69, 9.17) is 10.5 Å². The molecule has 0 aliphatic heterocycles. The molecule has 8 heteroatoms. The number of ether oxygens (including phenoxy) is 1. The molecule has 0 unspecified atom stereocenters. The van der Waals surface area contributed by atoms with E-state index in [1.165, 1.54) is 0 Å². The van der Waals surface area contributed by atoms with E-state index in [1.54, 1.807) is 12.1 Å². The van der Waals surface area contributed by atoms with Crippen LogP contribution in [-0.2, 0) is 27.6 Å². The SMILES string of the molecule is CC(C)CCc1cc(-c2ccc(CCOC(N)=O)cc2)ccc1C(=O)NS(C)(=O)=O. The lowest BCUT2D eigenvalue weighted by molar-refractivity contribution is 0.0980. The monoisotopic (exact) mass is 432 g/mol. The number of rotatable bonds is 9. The maximum atomic E-state index is 12.4. The van der Waals surface area contributed by atoms with Crippen molar-refractivity contribution in [2.75, 3.05) is 12.9 Å². The molecule has 0 bridgehead atoms. The molecule has 0 fully saturated rings. The predicted octanol–water partition coefficient (Wildman–Crippen LogP) is 3.27. The molecule has 30 heavy (non-hydrogen) atoms. The van der Waals surface area contributed by atoms with Gasteiger partial charge in [0.1, 0.15) is 0 Å². The Morgan fingerprint density at radius 3 is 2.23 bits per heavy atom. The molecule has 3 N–H and O–H groups in total. The zero-order valence-electron chi connectivity index (χ0n) is 17.5. The molecule has 0 spiro atoms. The summed E-state index contributed by atoms with van der Waals surface area (Å²) in [4.78, 5) is 23.1. The minimum absolute atomic E-state index is 0.220. The Morgan fingerprint density at radius 1 is 1.03 bits per heavy atom. The number of hydrogen-bond acceptors (Lipinski definition) is 5. The van der Waals surface area contributed by atoms with E-state index in [0.29, 0.717) is 24.3 Å². The van der Waals surface area contributed by atoms with Crippen molar-refractivity contribution in [2.24, 2.45) is 11.7 Å². The Hall–Kier alpha value is -2.87. The lowest BCUT2D eigenvalue weighted by atomic mass is 9.93. The smallest absolute Gasteiger partial charge is 0.404 e. The number of benzene rings is 2. The largest absolute Gasteiger partial charge is 0.449 e. The van der Waals surface area contributed by atoms with E-state index >= 15 is 0 Å². The van der Waals surface area contributed by atoms with Crippen LogP contribution in [-0.4, -0.2) is 33.3 Å². The first-order valence-electron chi connectivity index (χ1n) is 9.71. The summed E-state index contributed by atoms with van der Waals surface area (Å²) >= 11 is 0. The highest BCUT2D eigenvalue weighted by atomic mass is 32.2. The van der Waals surface area contributed by atoms with Crippen LogP contribution in [0.2, 0.25) is 0 Å². The fourth-order valence-electron chi connectivity index (χ4n) is 3.00. The topological polar surface area (TPSA) is 116 Å². The first-order valence-corrected chi connectivity index (χ1v) is 11.6. The van der Waals surface area contributed by atoms with Crippen LogP contribution in [0.4, 0.5) is 4.79 Å². The van der Waals surface area contributed by atoms with E-state index in [2.05, 4.69) is 13.8 Å². The number of nitrogens with two attached hydrogens (primary N) is 1. The molecule has 0 radical (unpaired) electrons. The molecule has 0 aliphatic rings. The second kappa shape index (κ2) is 10.2. The average molecular weight is 433 g/mol. The minimum Gasteiger partial charge on any atom is -0.449 e. The molecule has 2 aromatic carbocycles. The van der Waals surface area contributed by atoms with Gasteiger partial charge >= 0.3 is 6.09 Å². The van der Waals surface area contributed by atoms with Crippen LogP contribution in [0, 0.1) is 5.92 Å². The van der Waals surface area contributed by atoms with Gasteiger partial charge < -0.3 is 10.5 Å². The number of aryl methyl sites for hydroxylation is 1. The first kappa shape index (κ1) is 23.4. The number of nitrogens with one attached hydrogen (secondary N) is 1. The summed E-state index contributed by atoms with van der Waals surface area (Å²) in [5.41, 5.74) is 9.04. The van der Waals surface area contributed by atoms with Crippen LogP contribution in [0.1, 0.15) is 41.8 Å². The number of sulfonamides is 1. The fourth-order valence-corrected chi connectivity index (χ4v) is 3.45. The molecule has 0 saturated carbocycles. The van der Waals surface area contributed by atoms with Gasteiger partial charge in [-0.05, 0) is 47.1 Å². The third-order valence-electron chi connectivity index (χ3n) is 4.54. The Morgan fingerprint density at radius 2 is 1.67 bits per heavy atom. The lowest BCUT2D eigenvalue weighted by Crippen LogP contribution is -2.30. The molecule has 2 amide bonds. The molecule has 0 atom stereocenters. The third-order valence-corrected chi connectivity index (χ3v) is 5.10. The third kappa shape index (κ3) is 7.51. The fraction of sp³-hybridized carbons (Fsp3) is 0.364. The van der Waals surface area contributed by atoms with Gasteiger partial charge in [0.15, 0.2) is 0 Å². The Balaban J connectivity index is 2.26. The van der Waals surface area contributed by atoms with Crippen molar-refractivity contribution < 1.29 is 22.7 Å². The molecule has 2 rings (SSSR count). The normalized spacial score (nSPS) is 11.3. The molecule has 7 nitrogen and oxygen atoms in total. The number of amides is 2. The van der Waals surface area contributed by atoms with E-state index in [1.807, 2.05) is 35.1 Å². The van der Waals surface area contributed by atoms with Crippen molar-refractivity contribution in [2.45, 2.75) is 33.1 Å². The summed E-state index contributed by atoms with van der Waals surface area (Å²) in [6.45, 7) is 4.42. The van der Waals surface area contributed by atoms with Crippen molar-refractivity contribution >= 4 is 22.0 Å². The predicted molar refractivity (Wildman–Crippen MR) is 117 cm³/mol. The van der Waals surface area contributed by atoms with Crippen LogP contribution in [0.5, 0.6) is 0 Å². The zero-order chi connectivity index (χ0) is 22.3. The van der Waals surface area contributed by atoms with E-state index < -0.39 is 22.0 Å². The summed E-state index contributed by atoms with van der Waals surface area (Å²) in [7, 11) is -3.64. The molecule has 0 aromatic heterocycles. The molecular weight excluding hydrogens is 404 g/mol. The molecule has 0 aliphatic carbocycles. The summed E-state index contributed by atoms with van der Waals surface area (Å²) in [6, 6.07) is 13.2. The van der Waals surface area contributed by atoms with Crippen LogP contribution in [0.3, 0.4) is 0 Å². The second-order valence-corrected chi connectivity index (χ2v) is 9.37. The lowest BCUT2D eigenvalue weighted by Gasteiger charge is -2.13. The Kier molecular flexibility index (Phi) is 8.00. The summed E-state index contributed by atoms with van der Waals surface area (Å²) < 4.78 is 29.7. The standard InChI is InChI=1S/C22H28N2O5S/c1-15(2)4-7-19-14-18(10-11-20(19)21(25)24-30(3,27)28)17-8-5-16(6-9-17)12-13-29-22(23)26/h5-6,8-11,14-15H,4,7,12-13H2,1-3H3,(H2,23,26)(H,24,25). The van der Waals surface area contributed by atoms with Crippen molar-refractivity contribution in [1.82, 2.24) is 4.72 Å². The maximum Gasteiger partial charge on any atom is 0.404 e. The summed E-state index contributed by atoms with van der Waals surface area (Å²) in [5, 5.41) is 0. The molecule has 0 saturated heterocycles. The van der Waals surface area contributed by atoms with Crippen LogP contribution >= 0.6 is 0 Å². The van der Waals surface area contributed by atoms with Gasteiger partial charge in [0.2, 0.25) is 10.0 Å². The average Bonchev–Trinajstić information content (AvgIpc) is 2.65. The second-order valence-electron chi connectivity index (χ2n) is 7.62. The molecule has 2 aromatic rings. The van der Waals surface area contributed by atoms with Crippen molar-refractivity contribution in [1.29, 1.82) is 0 Å². The van der Waals surface area contributed by atoms with E-state index in [9.17, 15) is 18.0 Å². The number of hydrogen-bond donors (Lipinski definition) is 2. The van der Waals surface area contributed by atoms with Crippen molar-refractivity contribution in [3.8, 4) is 11.1 Å². The van der Waals surface area contributed by atoms with E-state index in [-0.39, 0.29) is 6.61 Å². The summed E-state index contributed by atoms with van der Waals surface area (Å²) in [6.07, 6.45) is 2.28. The molecule has 162 valence electrons. The first-order chi connectivity index (χ1) is 14.0. The highest BCUT2D eigenvalue weighted by molar-refractivity contribution is 7.89. The van der Waals surface area contributed by atoms with Crippen LogP contribution in [0.15, 0.2) is 42.5 Å². The zero-order valence-corrected chi connectivity index (χ0v) is 18.3. The van der Waals surface area contributed by atoms with Crippen LogP contribution in [0.25, 0.3) is 11.1 Å². The van der Waals surface area contributed by atoms with Crippen LogP contribution < -0.4 is 10.5 Å². The van der Waals surface area contributed by atoms with Gasteiger partial charge in [0.05, 0.1) is 12.9 Å². The number of carbonyl (C=O) groups is 2. The van der Waals surface area contributed by atoms with Gasteiger partial charge in [-0.15, -0.1) is 0 Å². The highest BCUT2D eigenvalue weighted by Gasteiger charge is 2.16. The number of primary amides is 1.